The number of benzene rings is 1. The van der Waals surface area contributed by atoms with Crippen LogP contribution in [-0.4, -0.2) is 52.7 Å². The zero-order valence-corrected chi connectivity index (χ0v) is 18.0. The number of hydrogen-bond acceptors (Lipinski definition) is 6. The summed E-state index contributed by atoms with van der Waals surface area (Å²) >= 11 is 0. The van der Waals surface area contributed by atoms with Crippen LogP contribution in [0.4, 0.5) is 4.39 Å². The smallest absolute Gasteiger partial charge is 0.269 e. The highest BCUT2D eigenvalue weighted by molar-refractivity contribution is 6.07. The first kappa shape index (κ1) is 20.7. The summed E-state index contributed by atoms with van der Waals surface area (Å²) in [5, 5.41) is 1.95. The highest BCUT2D eigenvalue weighted by atomic mass is 19.1. The molecule has 0 atom stereocenters. The summed E-state index contributed by atoms with van der Waals surface area (Å²) in [6.07, 6.45) is 8.60. The van der Waals surface area contributed by atoms with Crippen LogP contribution < -0.4 is 14.9 Å². The van der Waals surface area contributed by atoms with Gasteiger partial charge in [-0.2, -0.15) is 0 Å². The number of aromatic amines is 1. The Balaban J connectivity index is 1.51. The summed E-state index contributed by atoms with van der Waals surface area (Å²) in [5.74, 6) is 0.281. The highest BCUT2D eigenvalue weighted by Crippen LogP contribution is 2.39. The number of H-pyrrole nitrogens is 1. The molecule has 2 N–H and O–H groups in total. The van der Waals surface area contributed by atoms with E-state index in [-0.39, 0.29) is 11.7 Å². The first-order valence-electron chi connectivity index (χ1n) is 11.0. The zero-order valence-electron chi connectivity index (χ0n) is 18.0. The maximum absolute atomic E-state index is 14.4. The van der Waals surface area contributed by atoms with E-state index >= 15 is 0 Å². The first-order chi connectivity index (χ1) is 15.6. The number of aromatic nitrogens is 3. The van der Waals surface area contributed by atoms with Crippen molar-refractivity contribution in [2.75, 3.05) is 26.8 Å². The Labute approximate surface area is 185 Å². The molecule has 3 aromatic rings. The molecular weight excluding hydrogens is 413 g/mol. The standard InChI is InChI=1S/C23H26FN5O3/c1-31-19-9-15(18(10-17(19)24)32-12-14-5-6-14)20-22-21(27-13-26-20)16(11-25-22)23(30)28-29-7-3-2-4-8-29/h9-11,13-14,25H,2-8,12H2,1H3,(H,28,30). The summed E-state index contributed by atoms with van der Waals surface area (Å²) in [6, 6.07) is 2.91. The van der Waals surface area contributed by atoms with E-state index in [1.165, 1.54) is 25.9 Å². The summed E-state index contributed by atoms with van der Waals surface area (Å²) in [7, 11) is 1.42. The van der Waals surface area contributed by atoms with Crippen molar-refractivity contribution in [3.05, 3.63) is 36.0 Å². The third kappa shape index (κ3) is 4.12. The number of piperidine rings is 1. The summed E-state index contributed by atoms with van der Waals surface area (Å²) < 4.78 is 25.6. The van der Waals surface area contributed by atoms with Crippen LogP contribution in [0.1, 0.15) is 42.5 Å². The largest absolute Gasteiger partial charge is 0.494 e. The third-order valence-corrected chi connectivity index (χ3v) is 6.00. The van der Waals surface area contributed by atoms with E-state index in [0.29, 0.717) is 46.1 Å². The molecule has 0 unspecified atom stereocenters. The SMILES string of the molecule is COc1cc(-c2ncnc3c(C(=O)NN4CCCCC4)c[nH]c23)c(OCC2CC2)cc1F. The molecule has 8 nitrogen and oxygen atoms in total. The number of halogens is 1. The van der Waals surface area contributed by atoms with Gasteiger partial charge in [0.2, 0.25) is 0 Å². The normalized spacial score (nSPS) is 16.8. The number of nitrogens with zero attached hydrogens (tertiary/aromatic N) is 3. The summed E-state index contributed by atoms with van der Waals surface area (Å²) in [5.41, 5.74) is 5.60. The van der Waals surface area contributed by atoms with Gasteiger partial charge in [-0.25, -0.2) is 19.4 Å². The van der Waals surface area contributed by atoms with Gasteiger partial charge in [-0.05, 0) is 37.7 Å². The molecular formula is C23H26FN5O3. The molecule has 2 aromatic heterocycles. The van der Waals surface area contributed by atoms with Gasteiger partial charge in [0.15, 0.2) is 11.6 Å². The van der Waals surface area contributed by atoms with Crippen LogP contribution in [-0.2, 0) is 0 Å². The van der Waals surface area contributed by atoms with E-state index in [4.69, 9.17) is 9.47 Å². The lowest BCUT2D eigenvalue weighted by atomic mass is 10.1. The van der Waals surface area contributed by atoms with Gasteiger partial charge < -0.3 is 14.5 Å². The minimum absolute atomic E-state index is 0.0974. The molecule has 1 saturated carbocycles. The average Bonchev–Trinajstić information content (AvgIpc) is 3.54. The number of carbonyl (C=O) groups is 1. The Bertz CT molecular complexity index is 1140. The van der Waals surface area contributed by atoms with Gasteiger partial charge in [0.1, 0.15) is 23.3 Å². The van der Waals surface area contributed by atoms with Crippen molar-refractivity contribution >= 4 is 16.9 Å². The van der Waals surface area contributed by atoms with E-state index < -0.39 is 5.82 Å². The molecule has 0 spiro atoms. The number of nitrogens with one attached hydrogen (secondary N) is 2. The van der Waals surface area contributed by atoms with E-state index in [9.17, 15) is 9.18 Å². The molecule has 1 amide bonds. The van der Waals surface area contributed by atoms with Crippen LogP contribution in [0.5, 0.6) is 11.5 Å². The fraction of sp³-hybridized carbons (Fsp3) is 0.435. The molecule has 1 saturated heterocycles. The van der Waals surface area contributed by atoms with E-state index in [1.807, 2.05) is 5.01 Å². The minimum atomic E-state index is -0.500. The van der Waals surface area contributed by atoms with E-state index in [0.717, 1.165) is 38.8 Å². The van der Waals surface area contributed by atoms with Crippen LogP contribution in [0.3, 0.4) is 0 Å². The predicted molar refractivity (Wildman–Crippen MR) is 117 cm³/mol. The second kappa shape index (κ2) is 8.74. The quantitative estimate of drug-likeness (QED) is 0.583. The Morgan fingerprint density at radius 3 is 2.78 bits per heavy atom. The van der Waals surface area contributed by atoms with Gasteiger partial charge in [-0.15, -0.1) is 0 Å². The Kier molecular flexibility index (Phi) is 5.65. The third-order valence-electron chi connectivity index (χ3n) is 6.00. The molecule has 1 aromatic carbocycles. The van der Waals surface area contributed by atoms with Crippen LogP contribution in [0.2, 0.25) is 0 Å². The average molecular weight is 439 g/mol. The predicted octanol–water partition coefficient (Wildman–Crippen LogP) is 3.69. The zero-order chi connectivity index (χ0) is 22.1. The minimum Gasteiger partial charge on any atom is -0.494 e. The van der Waals surface area contributed by atoms with Crippen LogP contribution >= 0.6 is 0 Å². The van der Waals surface area contributed by atoms with Gasteiger partial charge in [0, 0.05) is 30.9 Å². The fourth-order valence-corrected chi connectivity index (χ4v) is 4.01. The van der Waals surface area contributed by atoms with Crippen LogP contribution in [0.15, 0.2) is 24.7 Å². The van der Waals surface area contributed by atoms with Gasteiger partial charge in [0.25, 0.3) is 5.91 Å². The number of hydrazine groups is 1. The number of carbonyl (C=O) groups excluding carboxylic acids is 1. The van der Waals surface area contributed by atoms with Crippen LogP contribution in [0.25, 0.3) is 22.3 Å². The lowest BCUT2D eigenvalue weighted by Gasteiger charge is -2.26. The number of amides is 1. The summed E-state index contributed by atoms with van der Waals surface area (Å²) in [6.45, 7) is 2.21. The molecule has 5 rings (SSSR count). The molecule has 9 heteroatoms. The number of fused-ring (bicyclic) bond motifs is 1. The molecule has 0 radical (unpaired) electrons. The van der Waals surface area contributed by atoms with E-state index in [1.54, 1.807) is 12.3 Å². The van der Waals surface area contributed by atoms with Crippen molar-refractivity contribution in [2.45, 2.75) is 32.1 Å². The second-order valence-electron chi connectivity index (χ2n) is 8.37. The molecule has 1 aliphatic carbocycles. The van der Waals surface area contributed by atoms with Gasteiger partial charge >= 0.3 is 0 Å². The Hall–Kier alpha value is -3.20. The van der Waals surface area contributed by atoms with Crippen LogP contribution in [0, 0.1) is 11.7 Å². The molecule has 32 heavy (non-hydrogen) atoms. The maximum atomic E-state index is 14.4. The van der Waals surface area contributed by atoms with Gasteiger partial charge in [-0.1, -0.05) is 6.42 Å². The Morgan fingerprint density at radius 1 is 1.22 bits per heavy atom. The fourth-order valence-electron chi connectivity index (χ4n) is 4.01. The summed E-state index contributed by atoms with van der Waals surface area (Å²) in [4.78, 5) is 24.8. The van der Waals surface area contributed by atoms with Gasteiger partial charge in [0.05, 0.1) is 24.8 Å². The van der Waals surface area contributed by atoms with Crippen molar-refractivity contribution in [2.24, 2.45) is 5.92 Å². The van der Waals surface area contributed by atoms with Crippen molar-refractivity contribution in [3.8, 4) is 22.8 Å². The van der Waals surface area contributed by atoms with Crippen molar-refractivity contribution in [1.82, 2.24) is 25.4 Å². The maximum Gasteiger partial charge on any atom is 0.269 e. The number of hydrogen-bond donors (Lipinski definition) is 2. The molecule has 0 bridgehead atoms. The molecule has 2 aliphatic rings. The molecule has 2 fully saturated rings. The number of ether oxygens (including phenoxy) is 2. The lowest BCUT2D eigenvalue weighted by molar-refractivity contribution is 0.0751. The lowest BCUT2D eigenvalue weighted by Crippen LogP contribution is -2.45. The first-order valence-corrected chi connectivity index (χ1v) is 11.0. The number of methoxy groups -OCH3 is 1. The van der Waals surface area contributed by atoms with Crippen molar-refractivity contribution < 1.29 is 18.7 Å². The van der Waals surface area contributed by atoms with Crippen molar-refractivity contribution in [1.29, 1.82) is 0 Å². The van der Waals surface area contributed by atoms with Crippen molar-refractivity contribution in [3.63, 3.8) is 0 Å². The monoisotopic (exact) mass is 439 g/mol. The number of rotatable bonds is 7. The Morgan fingerprint density at radius 2 is 2.03 bits per heavy atom. The van der Waals surface area contributed by atoms with E-state index in [2.05, 4.69) is 20.4 Å². The van der Waals surface area contributed by atoms with Gasteiger partial charge in [-0.3, -0.25) is 10.2 Å². The topological polar surface area (TPSA) is 92.4 Å². The highest BCUT2D eigenvalue weighted by Gasteiger charge is 2.25. The molecule has 168 valence electrons. The molecule has 3 heterocycles. The molecule has 1 aliphatic heterocycles. The second-order valence-corrected chi connectivity index (χ2v) is 8.37.